The third kappa shape index (κ3) is 4.45. The van der Waals surface area contributed by atoms with Gasteiger partial charge in [0.15, 0.2) is 0 Å². The molecule has 0 saturated carbocycles. The minimum absolute atomic E-state index is 0.0489. The van der Waals surface area contributed by atoms with E-state index in [-0.39, 0.29) is 11.9 Å². The van der Waals surface area contributed by atoms with Gasteiger partial charge in [0.25, 0.3) is 5.91 Å². The lowest BCUT2D eigenvalue weighted by atomic mass is 10.1. The van der Waals surface area contributed by atoms with Gasteiger partial charge in [0.05, 0.1) is 5.69 Å². The van der Waals surface area contributed by atoms with E-state index in [4.69, 9.17) is 4.74 Å². The molecule has 6 heteroatoms. The van der Waals surface area contributed by atoms with Crippen molar-refractivity contribution in [2.75, 3.05) is 0 Å². The fourth-order valence-electron chi connectivity index (χ4n) is 2.34. The minimum Gasteiger partial charge on any atom is -0.487 e. The Hall–Kier alpha value is -2.60. The fourth-order valence-corrected chi connectivity index (χ4v) is 3.02. The number of H-pyrrole nitrogens is 1. The molecule has 0 aliphatic heterocycles. The second-order valence-corrected chi connectivity index (χ2v) is 6.37. The average Bonchev–Trinajstić information content (AvgIpc) is 3.25. The first kappa shape index (κ1) is 16.3. The summed E-state index contributed by atoms with van der Waals surface area (Å²) in [5, 5.41) is 14.0. The Kier molecular flexibility index (Phi) is 5.28. The maximum absolute atomic E-state index is 12.2. The molecule has 124 valence electrons. The molecule has 3 aromatic rings. The maximum atomic E-state index is 12.2. The number of benzene rings is 1. The molecule has 2 N–H and O–H groups in total. The van der Waals surface area contributed by atoms with Crippen molar-refractivity contribution in [1.29, 1.82) is 0 Å². The monoisotopic (exact) mass is 341 g/mol. The third-order valence-corrected chi connectivity index (χ3v) is 4.23. The fraction of sp³-hybridized carbons (Fsp3) is 0.222. The number of carbonyl (C=O) groups is 1. The zero-order valence-corrected chi connectivity index (χ0v) is 14.2. The number of aromatic nitrogens is 2. The summed E-state index contributed by atoms with van der Waals surface area (Å²) in [6, 6.07) is 13.4. The lowest BCUT2D eigenvalue weighted by Gasteiger charge is -2.11. The van der Waals surface area contributed by atoms with Crippen molar-refractivity contribution in [2.45, 2.75) is 26.0 Å². The molecule has 5 nitrogen and oxygen atoms in total. The number of ether oxygens (including phenoxy) is 1. The van der Waals surface area contributed by atoms with Crippen LogP contribution in [0.1, 0.15) is 28.7 Å². The molecule has 2 heterocycles. The van der Waals surface area contributed by atoms with Gasteiger partial charge in [0, 0.05) is 6.04 Å². The van der Waals surface area contributed by atoms with E-state index in [0.29, 0.717) is 12.3 Å². The van der Waals surface area contributed by atoms with Crippen LogP contribution in [0.25, 0.3) is 0 Å². The van der Waals surface area contributed by atoms with Crippen LogP contribution >= 0.6 is 11.3 Å². The summed E-state index contributed by atoms with van der Waals surface area (Å²) >= 11 is 1.66. The summed E-state index contributed by atoms with van der Waals surface area (Å²) in [5.41, 5.74) is 2.36. The number of rotatable bonds is 7. The van der Waals surface area contributed by atoms with Gasteiger partial charge in [-0.05, 0) is 53.9 Å². The van der Waals surface area contributed by atoms with E-state index in [1.165, 1.54) is 5.56 Å². The Morgan fingerprint density at radius 3 is 2.92 bits per heavy atom. The summed E-state index contributed by atoms with van der Waals surface area (Å²) in [6.45, 7) is 2.33. The summed E-state index contributed by atoms with van der Waals surface area (Å²) in [5.74, 6) is 0.599. The number of amides is 1. The SMILES string of the molecule is CC(Cc1ccsc1)NC(=O)c1cc(COc2ccccc2)[nH]n1. The van der Waals surface area contributed by atoms with Gasteiger partial charge in [-0.3, -0.25) is 9.89 Å². The van der Waals surface area contributed by atoms with Crippen LogP contribution < -0.4 is 10.1 Å². The van der Waals surface area contributed by atoms with Gasteiger partial charge in [0.2, 0.25) is 0 Å². The van der Waals surface area contributed by atoms with Crippen molar-refractivity contribution in [3.05, 3.63) is 70.2 Å². The first-order valence-corrected chi connectivity index (χ1v) is 8.69. The number of carbonyl (C=O) groups excluding carboxylic acids is 1. The lowest BCUT2D eigenvalue weighted by molar-refractivity contribution is 0.0935. The molecule has 1 atom stereocenters. The molecule has 1 amide bonds. The highest BCUT2D eigenvalue weighted by Crippen LogP contribution is 2.12. The van der Waals surface area contributed by atoms with E-state index < -0.39 is 0 Å². The van der Waals surface area contributed by atoms with Crippen LogP contribution in [0.3, 0.4) is 0 Å². The van der Waals surface area contributed by atoms with E-state index >= 15 is 0 Å². The first-order valence-electron chi connectivity index (χ1n) is 7.75. The van der Waals surface area contributed by atoms with E-state index in [9.17, 15) is 4.79 Å². The molecule has 2 aromatic heterocycles. The number of para-hydroxylation sites is 1. The molecule has 3 rings (SSSR count). The molecule has 1 unspecified atom stereocenters. The van der Waals surface area contributed by atoms with Crippen LogP contribution in [0.4, 0.5) is 0 Å². The second kappa shape index (κ2) is 7.79. The van der Waals surface area contributed by atoms with Crippen molar-refractivity contribution in [3.8, 4) is 5.75 Å². The predicted molar refractivity (Wildman–Crippen MR) is 94.3 cm³/mol. The van der Waals surface area contributed by atoms with Crippen molar-refractivity contribution in [2.24, 2.45) is 0 Å². The van der Waals surface area contributed by atoms with Crippen LogP contribution in [-0.2, 0) is 13.0 Å². The summed E-state index contributed by atoms with van der Waals surface area (Å²) in [4.78, 5) is 12.2. The van der Waals surface area contributed by atoms with Crippen LogP contribution in [0.2, 0.25) is 0 Å². The van der Waals surface area contributed by atoms with Crippen LogP contribution in [0, 0.1) is 0 Å². The molecule has 0 aliphatic rings. The van der Waals surface area contributed by atoms with Crippen molar-refractivity contribution >= 4 is 17.2 Å². The highest BCUT2D eigenvalue weighted by Gasteiger charge is 2.14. The summed E-state index contributed by atoms with van der Waals surface area (Å²) < 4.78 is 5.63. The van der Waals surface area contributed by atoms with Crippen molar-refractivity contribution < 1.29 is 9.53 Å². The number of hydrogen-bond acceptors (Lipinski definition) is 4. The largest absolute Gasteiger partial charge is 0.487 e. The Balaban J connectivity index is 1.51. The molecule has 24 heavy (non-hydrogen) atoms. The molecular weight excluding hydrogens is 322 g/mol. The number of nitrogens with one attached hydrogen (secondary N) is 2. The molecule has 0 radical (unpaired) electrons. The Labute approximate surface area is 144 Å². The van der Waals surface area contributed by atoms with E-state index in [2.05, 4.69) is 27.0 Å². The van der Waals surface area contributed by atoms with Gasteiger partial charge in [-0.15, -0.1) is 0 Å². The average molecular weight is 341 g/mol. The Bertz CT molecular complexity index is 769. The molecule has 0 bridgehead atoms. The van der Waals surface area contributed by atoms with Gasteiger partial charge >= 0.3 is 0 Å². The number of thiophene rings is 1. The molecule has 1 aromatic carbocycles. The summed E-state index contributed by atoms with van der Waals surface area (Å²) in [6.07, 6.45) is 0.809. The topological polar surface area (TPSA) is 67.0 Å². The van der Waals surface area contributed by atoms with Crippen LogP contribution in [-0.4, -0.2) is 22.1 Å². The standard InChI is InChI=1S/C18H19N3O2S/c1-13(9-14-7-8-24-12-14)19-18(22)17-10-15(20-21-17)11-23-16-5-3-2-4-6-16/h2-8,10,12-13H,9,11H2,1H3,(H,19,22)(H,20,21). The molecule has 0 saturated heterocycles. The van der Waals surface area contributed by atoms with Gasteiger partial charge in [-0.25, -0.2) is 0 Å². The Morgan fingerprint density at radius 2 is 2.17 bits per heavy atom. The van der Waals surface area contributed by atoms with Crippen molar-refractivity contribution in [3.63, 3.8) is 0 Å². The van der Waals surface area contributed by atoms with E-state index in [1.54, 1.807) is 17.4 Å². The highest BCUT2D eigenvalue weighted by atomic mass is 32.1. The predicted octanol–water partition coefficient (Wildman–Crippen LogP) is 3.41. The minimum atomic E-state index is -0.181. The molecule has 0 fully saturated rings. The van der Waals surface area contributed by atoms with Gasteiger partial charge in [0.1, 0.15) is 18.1 Å². The molecule has 0 spiro atoms. The maximum Gasteiger partial charge on any atom is 0.271 e. The second-order valence-electron chi connectivity index (χ2n) is 5.59. The molecule has 0 aliphatic carbocycles. The zero-order chi connectivity index (χ0) is 16.8. The zero-order valence-electron chi connectivity index (χ0n) is 13.4. The van der Waals surface area contributed by atoms with Crippen LogP contribution in [0.15, 0.2) is 53.2 Å². The van der Waals surface area contributed by atoms with Gasteiger partial charge in [-0.2, -0.15) is 16.4 Å². The van der Waals surface area contributed by atoms with E-state index in [0.717, 1.165) is 17.9 Å². The van der Waals surface area contributed by atoms with Crippen molar-refractivity contribution in [1.82, 2.24) is 15.5 Å². The summed E-state index contributed by atoms with van der Waals surface area (Å²) in [7, 11) is 0. The quantitative estimate of drug-likeness (QED) is 0.692. The smallest absolute Gasteiger partial charge is 0.271 e. The van der Waals surface area contributed by atoms with E-state index in [1.807, 2.05) is 42.6 Å². The number of hydrogen-bond donors (Lipinski definition) is 2. The number of nitrogens with zero attached hydrogens (tertiary/aromatic N) is 1. The molecular formula is C18H19N3O2S. The van der Waals surface area contributed by atoms with Gasteiger partial charge in [-0.1, -0.05) is 18.2 Å². The van der Waals surface area contributed by atoms with Gasteiger partial charge < -0.3 is 10.1 Å². The first-order chi connectivity index (χ1) is 11.7. The van der Waals surface area contributed by atoms with Crippen LogP contribution in [0.5, 0.6) is 5.75 Å². The lowest BCUT2D eigenvalue weighted by Crippen LogP contribution is -2.34. The number of aromatic amines is 1. The highest BCUT2D eigenvalue weighted by molar-refractivity contribution is 7.07. The normalized spacial score (nSPS) is 11.9. The Morgan fingerprint density at radius 1 is 1.33 bits per heavy atom. The third-order valence-electron chi connectivity index (χ3n) is 3.50.